The van der Waals surface area contributed by atoms with Gasteiger partial charge in [-0.2, -0.15) is 0 Å². The average Bonchev–Trinajstić information content (AvgIpc) is 3.12. The topological polar surface area (TPSA) is 46.5 Å². The Labute approximate surface area is 101 Å². The molecule has 1 N–H and O–H groups in total. The van der Waals surface area contributed by atoms with Gasteiger partial charge >= 0.3 is 0 Å². The highest BCUT2D eigenvalue weighted by molar-refractivity contribution is 5.99. The molecule has 0 saturated heterocycles. The van der Waals surface area contributed by atoms with Crippen LogP contribution in [0.15, 0.2) is 24.3 Å². The summed E-state index contributed by atoms with van der Waals surface area (Å²) in [6.45, 7) is 1.95. The third kappa shape index (κ3) is 3.30. The van der Waals surface area contributed by atoms with Crippen molar-refractivity contribution in [2.75, 3.05) is 0 Å². The molecule has 0 amide bonds. The first-order valence-corrected chi connectivity index (χ1v) is 6.19. The van der Waals surface area contributed by atoms with E-state index in [1.807, 2.05) is 13.0 Å². The van der Waals surface area contributed by atoms with E-state index < -0.39 is 6.10 Å². The van der Waals surface area contributed by atoms with Crippen molar-refractivity contribution in [2.45, 2.75) is 44.8 Å². The lowest BCUT2D eigenvalue weighted by molar-refractivity contribution is 0.0729. The Morgan fingerprint density at radius 2 is 2.29 bits per heavy atom. The van der Waals surface area contributed by atoms with Crippen molar-refractivity contribution in [3.63, 3.8) is 0 Å². The zero-order valence-electron chi connectivity index (χ0n) is 10.1. The van der Waals surface area contributed by atoms with Gasteiger partial charge in [0.1, 0.15) is 11.9 Å². The van der Waals surface area contributed by atoms with Crippen LogP contribution in [0.3, 0.4) is 0 Å². The van der Waals surface area contributed by atoms with Gasteiger partial charge in [-0.15, -0.1) is 0 Å². The molecular formula is C14H18O3. The van der Waals surface area contributed by atoms with Crippen molar-refractivity contribution in [3.05, 3.63) is 29.8 Å². The Hall–Kier alpha value is -1.35. The van der Waals surface area contributed by atoms with Gasteiger partial charge in [-0.25, -0.2) is 0 Å². The number of hydrogen-bond donors (Lipinski definition) is 1. The number of hydrogen-bond acceptors (Lipinski definition) is 3. The van der Waals surface area contributed by atoms with Crippen molar-refractivity contribution >= 4 is 5.78 Å². The SMILES string of the molecule is CCCC(O)C(=O)c1cccc(OC2CC2)c1. The summed E-state index contributed by atoms with van der Waals surface area (Å²) >= 11 is 0. The third-order valence-corrected chi connectivity index (χ3v) is 2.81. The molecule has 1 saturated carbocycles. The van der Waals surface area contributed by atoms with Gasteiger partial charge in [0.05, 0.1) is 6.10 Å². The van der Waals surface area contributed by atoms with E-state index in [0.717, 1.165) is 25.0 Å². The first kappa shape index (κ1) is 12.1. The van der Waals surface area contributed by atoms with Crippen LogP contribution < -0.4 is 4.74 Å². The molecule has 1 aliphatic rings. The standard InChI is InChI=1S/C14H18O3/c1-2-4-13(15)14(16)10-5-3-6-12(9-10)17-11-7-8-11/h3,5-6,9,11,13,15H,2,4,7-8H2,1H3. The molecular weight excluding hydrogens is 216 g/mol. The van der Waals surface area contributed by atoms with Gasteiger partial charge in [-0.3, -0.25) is 4.79 Å². The van der Waals surface area contributed by atoms with Crippen LogP contribution in [0.5, 0.6) is 5.75 Å². The molecule has 0 heterocycles. The molecule has 3 nitrogen and oxygen atoms in total. The highest BCUT2D eigenvalue weighted by Gasteiger charge is 2.24. The second kappa shape index (κ2) is 5.32. The fourth-order valence-corrected chi connectivity index (χ4v) is 1.70. The first-order valence-electron chi connectivity index (χ1n) is 6.19. The number of aliphatic hydroxyl groups is 1. The number of rotatable bonds is 6. The van der Waals surface area contributed by atoms with Crippen molar-refractivity contribution in [2.24, 2.45) is 0 Å². The average molecular weight is 234 g/mol. The first-order chi connectivity index (χ1) is 8.20. The van der Waals surface area contributed by atoms with E-state index in [1.54, 1.807) is 18.2 Å². The molecule has 1 aliphatic carbocycles. The maximum Gasteiger partial charge on any atom is 0.191 e. The van der Waals surface area contributed by atoms with E-state index in [4.69, 9.17) is 4.74 Å². The number of ether oxygens (including phenoxy) is 1. The number of aliphatic hydroxyl groups excluding tert-OH is 1. The lowest BCUT2D eigenvalue weighted by Gasteiger charge is -2.10. The van der Waals surface area contributed by atoms with Crippen LogP contribution in [0.2, 0.25) is 0 Å². The maximum absolute atomic E-state index is 11.9. The molecule has 1 aromatic rings. The van der Waals surface area contributed by atoms with E-state index in [-0.39, 0.29) is 5.78 Å². The smallest absolute Gasteiger partial charge is 0.191 e. The van der Waals surface area contributed by atoms with E-state index in [0.29, 0.717) is 18.1 Å². The minimum Gasteiger partial charge on any atom is -0.490 e. The summed E-state index contributed by atoms with van der Waals surface area (Å²) < 4.78 is 5.62. The third-order valence-electron chi connectivity index (χ3n) is 2.81. The molecule has 0 aromatic heterocycles. The fraction of sp³-hybridized carbons (Fsp3) is 0.500. The van der Waals surface area contributed by atoms with E-state index in [2.05, 4.69) is 0 Å². The predicted molar refractivity (Wildman–Crippen MR) is 65.3 cm³/mol. The minimum atomic E-state index is -0.892. The summed E-state index contributed by atoms with van der Waals surface area (Å²) in [5.41, 5.74) is 0.532. The Morgan fingerprint density at radius 3 is 2.94 bits per heavy atom. The summed E-state index contributed by atoms with van der Waals surface area (Å²) in [5.74, 6) is 0.509. The summed E-state index contributed by atoms with van der Waals surface area (Å²) in [4.78, 5) is 11.9. The van der Waals surface area contributed by atoms with Gasteiger partial charge in [0.15, 0.2) is 5.78 Å². The normalized spacial score (nSPS) is 16.6. The van der Waals surface area contributed by atoms with Gasteiger partial charge in [0, 0.05) is 5.56 Å². The van der Waals surface area contributed by atoms with Gasteiger partial charge in [0.25, 0.3) is 0 Å². The molecule has 1 aromatic carbocycles. The number of ketones is 1. The number of benzene rings is 1. The summed E-state index contributed by atoms with van der Waals surface area (Å²) in [5, 5.41) is 9.67. The molecule has 0 spiro atoms. The maximum atomic E-state index is 11.9. The van der Waals surface area contributed by atoms with Gasteiger partial charge < -0.3 is 9.84 Å². The van der Waals surface area contributed by atoms with Gasteiger partial charge in [0.2, 0.25) is 0 Å². The molecule has 3 heteroatoms. The molecule has 17 heavy (non-hydrogen) atoms. The van der Waals surface area contributed by atoms with Crippen molar-refractivity contribution in [3.8, 4) is 5.75 Å². The summed E-state index contributed by atoms with van der Waals surface area (Å²) in [6.07, 6.45) is 2.92. The Balaban J connectivity index is 2.05. The minimum absolute atomic E-state index is 0.215. The second-order valence-corrected chi connectivity index (χ2v) is 4.51. The van der Waals surface area contributed by atoms with Gasteiger partial charge in [-0.05, 0) is 31.4 Å². The van der Waals surface area contributed by atoms with Crippen LogP contribution in [-0.2, 0) is 0 Å². The summed E-state index contributed by atoms with van der Waals surface area (Å²) in [7, 11) is 0. The summed E-state index contributed by atoms with van der Waals surface area (Å²) in [6, 6.07) is 7.09. The van der Waals surface area contributed by atoms with Crippen LogP contribution in [0, 0.1) is 0 Å². The van der Waals surface area contributed by atoms with E-state index in [9.17, 15) is 9.90 Å². The molecule has 2 rings (SSSR count). The molecule has 0 bridgehead atoms. The lowest BCUT2D eigenvalue weighted by Crippen LogP contribution is -2.20. The fourth-order valence-electron chi connectivity index (χ4n) is 1.70. The lowest BCUT2D eigenvalue weighted by atomic mass is 10.0. The quantitative estimate of drug-likeness (QED) is 0.769. The monoisotopic (exact) mass is 234 g/mol. The molecule has 0 aliphatic heterocycles. The van der Waals surface area contributed by atoms with Crippen molar-refractivity contribution < 1.29 is 14.6 Å². The second-order valence-electron chi connectivity index (χ2n) is 4.51. The highest BCUT2D eigenvalue weighted by atomic mass is 16.5. The number of Topliss-reactive ketones (excluding diaryl/α,β-unsaturated/α-hetero) is 1. The van der Waals surface area contributed by atoms with E-state index in [1.165, 1.54) is 0 Å². The van der Waals surface area contributed by atoms with E-state index >= 15 is 0 Å². The Morgan fingerprint density at radius 1 is 1.53 bits per heavy atom. The molecule has 1 fully saturated rings. The number of carbonyl (C=O) groups is 1. The van der Waals surface area contributed by atoms with Crippen LogP contribution in [0.1, 0.15) is 43.0 Å². The van der Waals surface area contributed by atoms with Crippen LogP contribution in [0.4, 0.5) is 0 Å². The molecule has 1 atom stereocenters. The zero-order valence-corrected chi connectivity index (χ0v) is 10.1. The molecule has 1 unspecified atom stereocenters. The van der Waals surface area contributed by atoms with Crippen LogP contribution in [-0.4, -0.2) is 23.1 Å². The number of carbonyl (C=O) groups excluding carboxylic acids is 1. The van der Waals surface area contributed by atoms with Crippen LogP contribution in [0.25, 0.3) is 0 Å². The van der Waals surface area contributed by atoms with Crippen LogP contribution >= 0.6 is 0 Å². The highest BCUT2D eigenvalue weighted by Crippen LogP contribution is 2.27. The molecule has 0 radical (unpaired) electrons. The van der Waals surface area contributed by atoms with Gasteiger partial charge in [-0.1, -0.05) is 25.5 Å². The predicted octanol–water partition coefficient (Wildman–Crippen LogP) is 2.57. The zero-order chi connectivity index (χ0) is 12.3. The Bertz CT molecular complexity index is 396. The molecule has 92 valence electrons. The largest absolute Gasteiger partial charge is 0.490 e. The van der Waals surface area contributed by atoms with Crippen molar-refractivity contribution in [1.82, 2.24) is 0 Å². The Kier molecular flexibility index (Phi) is 3.79. The van der Waals surface area contributed by atoms with Crippen molar-refractivity contribution in [1.29, 1.82) is 0 Å².